The van der Waals surface area contributed by atoms with Crippen molar-refractivity contribution in [2.24, 2.45) is 0 Å². The molecule has 0 radical (unpaired) electrons. The van der Waals surface area contributed by atoms with Gasteiger partial charge in [-0.2, -0.15) is 0 Å². The fraction of sp³-hybridized carbons (Fsp3) is 0.250. The third-order valence-corrected chi connectivity index (χ3v) is 4.46. The van der Waals surface area contributed by atoms with Crippen LogP contribution in [0.25, 0.3) is 0 Å². The monoisotopic (exact) mass is 402 g/mol. The molecule has 0 bridgehead atoms. The summed E-state index contributed by atoms with van der Waals surface area (Å²) < 4.78 is 10.4. The minimum Gasteiger partial charge on any atom is -0.476 e. The van der Waals surface area contributed by atoms with Gasteiger partial charge < -0.3 is 14.8 Å². The van der Waals surface area contributed by atoms with Gasteiger partial charge in [-0.25, -0.2) is 4.79 Å². The van der Waals surface area contributed by atoms with Crippen molar-refractivity contribution >= 4 is 40.8 Å². The van der Waals surface area contributed by atoms with E-state index >= 15 is 0 Å². The number of benzene rings is 2. The third kappa shape index (κ3) is 3.94. The van der Waals surface area contributed by atoms with E-state index in [1.807, 2.05) is 0 Å². The Morgan fingerprint density at radius 2 is 1.86 bits per heavy atom. The van der Waals surface area contributed by atoms with Gasteiger partial charge in [0.25, 0.3) is 5.91 Å². The molecule has 1 aliphatic heterocycles. The van der Waals surface area contributed by atoms with E-state index in [0.717, 1.165) is 0 Å². The fourth-order valence-electron chi connectivity index (χ4n) is 2.85. The zero-order chi connectivity index (χ0) is 20.5. The summed E-state index contributed by atoms with van der Waals surface area (Å²) in [6.07, 6.45) is 0. The zero-order valence-corrected chi connectivity index (χ0v) is 16.4. The Labute approximate surface area is 167 Å². The van der Waals surface area contributed by atoms with Crippen LogP contribution in [0, 0.1) is 0 Å². The Bertz CT molecular complexity index is 940. The number of ether oxygens (including phenoxy) is 2. The smallest absolute Gasteiger partial charge is 0.337 e. The van der Waals surface area contributed by atoms with Crippen molar-refractivity contribution in [2.75, 3.05) is 23.9 Å². The van der Waals surface area contributed by atoms with Crippen LogP contribution in [0.3, 0.4) is 0 Å². The molecular formula is C20H19ClN2O5. The van der Waals surface area contributed by atoms with Crippen molar-refractivity contribution < 1.29 is 23.9 Å². The summed E-state index contributed by atoms with van der Waals surface area (Å²) in [5, 5.41) is 3.14. The highest BCUT2D eigenvalue weighted by Crippen LogP contribution is 2.39. The van der Waals surface area contributed by atoms with Crippen molar-refractivity contribution in [3.63, 3.8) is 0 Å². The average molecular weight is 403 g/mol. The van der Waals surface area contributed by atoms with Gasteiger partial charge in [-0.1, -0.05) is 11.6 Å². The van der Waals surface area contributed by atoms with Crippen LogP contribution in [-0.2, 0) is 14.3 Å². The first kappa shape index (κ1) is 19.7. The van der Waals surface area contributed by atoms with Crippen molar-refractivity contribution in [1.29, 1.82) is 0 Å². The molecule has 0 saturated heterocycles. The molecule has 1 aliphatic rings. The number of rotatable bonds is 4. The quantitative estimate of drug-likeness (QED) is 0.793. The fourth-order valence-corrected chi connectivity index (χ4v) is 3.02. The first-order chi connectivity index (χ1) is 13.2. The number of fused-ring (bicyclic) bond motifs is 1. The second-order valence-corrected chi connectivity index (χ2v) is 7.17. The number of nitrogens with one attached hydrogen (secondary N) is 1. The van der Waals surface area contributed by atoms with Crippen LogP contribution in [-0.4, -0.2) is 37.0 Å². The maximum atomic E-state index is 12.8. The summed E-state index contributed by atoms with van der Waals surface area (Å²) in [5.74, 6) is -0.738. The molecule has 0 atom stereocenters. The van der Waals surface area contributed by atoms with Gasteiger partial charge in [0.1, 0.15) is 12.3 Å². The summed E-state index contributed by atoms with van der Waals surface area (Å²) in [4.78, 5) is 38.1. The van der Waals surface area contributed by atoms with Crippen LogP contribution >= 0.6 is 11.6 Å². The van der Waals surface area contributed by atoms with E-state index < -0.39 is 17.5 Å². The Hall–Kier alpha value is -3.06. The Kier molecular flexibility index (Phi) is 5.29. The lowest BCUT2D eigenvalue weighted by Gasteiger charge is -2.38. The first-order valence-electron chi connectivity index (χ1n) is 8.50. The van der Waals surface area contributed by atoms with E-state index in [0.29, 0.717) is 27.7 Å². The Balaban J connectivity index is 1.78. The second-order valence-electron chi connectivity index (χ2n) is 6.73. The highest BCUT2D eigenvalue weighted by Gasteiger charge is 2.41. The molecule has 1 heterocycles. The summed E-state index contributed by atoms with van der Waals surface area (Å²) >= 11 is 6.05. The molecule has 7 nitrogen and oxygen atoms in total. The molecule has 0 spiro atoms. The maximum Gasteiger partial charge on any atom is 0.337 e. The number of amides is 2. The van der Waals surface area contributed by atoms with Gasteiger partial charge in [0.2, 0.25) is 5.91 Å². The maximum absolute atomic E-state index is 12.8. The molecule has 3 rings (SSSR count). The SMILES string of the molecule is COC(=O)c1ccc(NC(=O)CN2C(=O)C(C)(C)Oc3ccc(Cl)cc32)cc1. The van der Waals surface area contributed by atoms with Crippen LogP contribution in [0.1, 0.15) is 24.2 Å². The number of hydrogen-bond acceptors (Lipinski definition) is 5. The normalized spacial score (nSPS) is 14.7. The molecule has 0 saturated carbocycles. The van der Waals surface area contributed by atoms with Gasteiger partial charge in [0.05, 0.1) is 18.4 Å². The number of methoxy groups -OCH3 is 1. The number of halogens is 1. The minimum absolute atomic E-state index is 0.211. The molecule has 2 amide bonds. The van der Waals surface area contributed by atoms with Crippen molar-refractivity contribution in [3.8, 4) is 5.75 Å². The summed E-state index contributed by atoms with van der Waals surface area (Å²) in [6.45, 7) is 3.07. The van der Waals surface area contributed by atoms with Gasteiger partial charge >= 0.3 is 5.97 Å². The lowest BCUT2D eigenvalue weighted by molar-refractivity contribution is -0.133. The molecule has 28 heavy (non-hydrogen) atoms. The molecule has 2 aromatic carbocycles. The van der Waals surface area contributed by atoms with Crippen LogP contribution in [0.5, 0.6) is 5.75 Å². The van der Waals surface area contributed by atoms with Crippen LogP contribution in [0.2, 0.25) is 5.02 Å². The van der Waals surface area contributed by atoms with Gasteiger partial charge in [-0.15, -0.1) is 0 Å². The summed E-state index contributed by atoms with van der Waals surface area (Å²) in [5.41, 5.74) is 0.189. The van der Waals surface area contributed by atoms with E-state index in [4.69, 9.17) is 16.3 Å². The largest absolute Gasteiger partial charge is 0.476 e. The minimum atomic E-state index is -1.11. The molecule has 0 aromatic heterocycles. The number of esters is 1. The van der Waals surface area contributed by atoms with Crippen LogP contribution < -0.4 is 15.0 Å². The molecule has 0 aliphatic carbocycles. The van der Waals surface area contributed by atoms with Gasteiger partial charge in [0.15, 0.2) is 5.60 Å². The third-order valence-electron chi connectivity index (χ3n) is 4.23. The van der Waals surface area contributed by atoms with Crippen LogP contribution in [0.4, 0.5) is 11.4 Å². The molecule has 1 N–H and O–H groups in total. The molecule has 2 aromatic rings. The molecule has 0 fully saturated rings. The highest BCUT2D eigenvalue weighted by molar-refractivity contribution is 6.31. The van der Waals surface area contributed by atoms with Gasteiger partial charge in [-0.05, 0) is 56.3 Å². The number of carbonyl (C=O) groups is 3. The number of carbonyl (C=O) groups excluding carboxylic acids is 3. The lowest BCUT2D eigenvalue weighted by atomic mass is 10.0. The lowest BCUT2D eigenvalue weighted by Crippen LogP contribution is -2.54. The van der Waals surface area contributed by atoms with Crippen molar-refractivity contribution in [3.05, 3.63) is 53.1 Å². The highest BCUT2D eigenvalue weighted by atomic mass is 35.5. The standard InChI is InChI=1S/C20H19ClN2O5/c1-20(2)19(26)23(15-10-13(21)6-9-16(15)28-20)11-17(24)22-14-7-4-12(5-8-14)18(25)27-3/h4-10H,11H2,1-3H3,(H,22,24). The molecule has 146 valence electrons. The van der Waals surface area contributed by atoms with Crippen molar-refractivity contribution in [2.45, 2.75) is 19.4 Å². The first-order valence-corrected chi connectivity index (χ1v) is 8.88. The van der Waals surface area contributed by atoms with E-state index in [2.05, 4.69) is 10.1 Å². The number of anilines is 2. The summed E-state index contributed by atoms with van der Waals surface area (Å²) in [7, 11) is 1.29. The molecule has 0 unspecified atom stereocenters. The van der Waals surface area contributed by atoms with Crippen LogP contribution in [0.15, 0.2) is 42.5 Å². The molecular weight excluding hydrogens is 384 g/mol. The van der Waals surface area contributed by atoms with Gasteiger partial charge in [-0.3, -0.25) is 14.5 Å². The predicted octanol–water partition coefficient (Wildman–Crippen LogP) is 3.27. The zero-order valence-electron chi connectivity index (χ0n) is 15.6. The van der Waals surface area contributed by atoms with E-state index in [-0.39, 0.29) is 12.5 Å². The summed E-state index contributed by atoms with van der Waals surface area (Å²) in [6, 6.07) is 11.2. The van der Waals surface area contributed by atoms with E-state index in [9.17, 15) is 14.4 Å². The topological polar surface area (TPSA) is 84.9 Å². The van der Waals surface area contributed by atoms with Crippen molar-refractivity contribution in [1.82, 2.24) is 0 Å². The second kappa shape index (κ2) is 7.52. The van der Waals surface area contributed by atoms with E-state index in [1.165, 1.54) is 12.0 Å². The van der Waals surface area contributed by atoms with Gasteiger partial charge in [0, 0.05) is 10.7 Å². The average Bonchev–Trinajstić information content (AvgIpc) is 2.66. The predicted molar refractivity (Wildman–Crippen MR) is 105 cm³/mol. The Morgan fingerprint density at radius 1 is 1.18 bits per heavy atom. The molecule has 8 heteroatoms. The van der Waals surface area contributed by atoms with E-state index in [1.54, 1.807) is 56.3 Å². The number of nitrogens with zero attached hydrogens (tertiary/aromatic N) is 1. The Morgan fingerprint density at radius 3 is 2.50 bits per heavy atom. The number of hydrogen-bond donors (Lipinski definition) is 1.